The molecule has 18 heavy (non-hydrogen) atoms. The van der Waals surface area contributed by atoms with Gasteiger partial charge in [0.15, 0.2) is 0 Å². The number of pyridine rings is 1. The molecule has 0 aliphatic heterocycles. The van der Waals surface area contributed by atoms with Crippen molar-refractivity contribution in [2.75, 3.05) is 0 Å². The smallest absolute Gasteiger partial charge is 0.481 e. The Morgan fingerprint density at radius 1 is 1.44 bits per heavy atom. The number of H-pyrrole nitrogens is 1. The zero-order chi connectivity index (χ0) is 13.9. The van der Waals surface area contributed by atoms with Crippen molar-refractivity contribution in [1.29, 1.82) is 0 Å². The topological polar surface area (TPSA) is 105 Å². The van der Waals surface area contributed by atoms with Crippen molar-refractivity contribution in [2.45, 2.75) is 19.3 Å². The second kappa shape index (κ2) is 5.08. The summed E-state index contributed by atoms with van der Waals surface area (Å²) in [7, 11) is 0. The summed E-state index contributed by atoms with van der Waals surface area (Å²) in [4.78, 5) is 23.9. The third-order valence-electron chi connectivity index (χ3n) is 2.03. The van der Waals surface area contributed by atoms with Crippen LogP contribution < -0.4 is 16.0 Å². The molecule has 0 aromatic carbocycles. The molecule has 0 bridgehead atoms. The first kappa shape index (κ1) is 14.0. The van der Waals surface area contributed by atoms with Gasteiger partial charge >= 0.3 is 12.3 Å². The largest absolute Gasteiger partial charge is 0.573 e. The van der Waals surface area contributed by atoms with E-state index in [1.807, 2.05) is 4.98 Å². The first-order chi connectivity index (χ1) is 8.24. The van der Waals surface area contributed by atoms with Gasteiger partial charge in [0.1, 0.15) is 5.75 Å². The van der Waals surface area contributed by atoms with Crippen LogP contribution in [0.2, 0.25) is 0 Å². The Morgan fingerprint density at radius 3 is 2.50 bits per heavy atom. The van der Waals surface area contributed by atoms with E-state index in [1.165, 1.54) is 0 Å². The quantitative estimate of drug-likeness (QED) is 0.729. The molecule has 1 aromatic heterocycles. The molecule has 0 amide bonds. The van der Waals surface area contributed by atoms with Gasteiger partial charge in [0.2, 0.25) is 0 Å². The van der Waals surface area contributed by atoms with Gasteiger partial charge in [0.05, 0.1) is 6.42 Å². The lowest BCUT2D eigenvalue weighted by molar-refractivity contribution is -0.275. The first-order valence-electron chi connectivity index (χ1n) is 4.65. The molecule has 0 unspecified atom stereocenters. The fourth-order valence-corrected chi connectivity index (χ4v) is 1.37. The number of carboxylic acids is 1. The molecule has 0 aliphatic rings. The molecule has 6 nitrogen and oxygen atoms in total. The van der Waals surface area contributed by atoms with E-state index >= 15 is 0 Å². The van der Waals surface area contributed by atoms with Gasteiger partial charge in [0.25, 0.3) is 5.56 Å². The van der Waals surface area contributed by atoms with Crippen LogP contribution in [-0.4, -0.2) is 22.4 Å². The van der Waals surface area contributed by atoms with E-state index in [9.17, 15) is 22.8 Å². The van der Waals surface area contributed by atoms with Gasteiger partial charge in [0, 0.05) is 23.9 Å². The van der Waals surface area contributed by atoms with Gasteiger partial charge in [-0.3, -0.25) is 9.59 Å². The highest BCUT2D eigenvalue weighted by Gasteiger charge is 2.33. The standard InChI is InChI=1S/C9H9F3N2O4/c10-9(11,12)18-6-3-14-8(17)5(2-13)4(6)1-7(15)16/h3H,1-2,13H2,(H,14,17)(H,15,16). The molecule has 0 spiro atoms. The molecular weight excluding hydrogens is 257 g/mol. The van der Waals surface area contributed by atoms with Crippen molar-refractivity contribution in [1.82, 2.24) is 4.98 Å². The molecule has 1 rings (SSSR count). The van der Waals surface area contributed by atoms with Gasteiger partial charge in [-0.2, -0.15) is 0 Å². The molecule has 100 valence electrons. The Bertz CT molecular complexity index is 510. The summed E-state index contributed by atoms with van der Waals surface area (Å²) >= 11 is 0. The number of hydrogen-bond donors (Lipinski definition) is 3. The van der Waals surface area contributed by atoms with Crippen LogP contribution in [0, 0.1) is 0 Å². The molecule has 0 saturated carbocycles. The molecule has 9 heteroatoms. The van der Waals surface area contributed by atoms with Crippen LogP contribution in [-0.2, 0) is 17.8 Å². The van der Waals surface area contributed by atoms with E-state index in [0.29, 0.717) is 6.20 Å². The second-order valence-corrected chi connectivity index (χ2v) is 3.26. The van der Waals surface area contributed by atoms with Gasteiger partial charge in [-0.05, 0) is 0 Å². The fourth-order valence-electron chi connectivity index (χ4n) is 1.37. The minimum atomic E-state index is -4.99. The highest BCUT2D eigenvalue weighted by atomic mass is 19.4. The number of aromatic amines is 1. The number of hydrogen-bond acceptors (Lipinski definition) is 4. The lowest BCUT2D eigenvalue weighted by atomic mass is 10.1. The number of alkyl halides is 3. The molecule has 0 atom stereocenters. The lowest BCUT2D eigenvalue weighted by Crippen LogP contribution is -2.24. The molecule has 1 aromatic rings. The summed E-state index contributed by atoms with van der Waals surface area (Å²) < 4.78 is 39.9. The predicted molar refractivity (Wildman–Crippen MR) is 53.0 cm³/mol. The Balaban J connectivity index is 3.32. The monoisotopic (exact) mass is 266 g/mol. The second-order valence-electron chi connectivity index (χ2n) is 3.26. The van der Waals surface area contributed by atoms with Gasteiger partial charge in [-0.15, -0.1) is 13.2 Å². The van der Waals surface area contributed by atoms with Gasteiger partial charge in [-0.25, -0.2) is 0 Å². The number of aliphatic carboxylic acids is 1. The SMILES string of the molecule is NCc1c(CC(=O)O)c(OC(F)(F)F)c[nH]c1=O. The predicted octanol–water partition coefficient (Wildman–Crippen LogP) is 0.359. The number of aromatic nitrogens is 1. The Labute approximate surface area is 98.2 Å². The summed E-state index contributed by atoms with van der Waals surface area (Å²) in [6.07, 6.45) is -5.12. The maximum Gasteiger partial charge on any atom is 0.573 e. The molecule has 1 heterocycles. The minimum absolute atomic E-state index is 0.251. The summed E-state index contributed by atoms with van der Waals surface area (Å²) in [6, 6.07) is 0. The maximum atomic E-state index is 12.1. The first-order valence-corrected chi connectivity index (χ1v) is 4.65. The third kappa shape index (κ3) is 3.48. The van der Waals surface area contributed by atoms with E-state index in [-0.39, 0.29) is 11.1 Å². The number of nitrogens with two attached hydrogens (primary N) is 1. The van der Waals surface area contributed by atoms with Crippen LogP contribution in [0.4, 0.5) is 13.2 Å². The average molecular weight is 266 g/mol. The maximum absolute atomic E-state index is 12.1. The summed E-state index contributed by atoms with van der Waals surface area (Å²) in [5.74, 6) is -2.17. The number of ether oxygens (including phenoxy) is 1. The molecule has 0 radical (unpaired) electrons. The van der Waals surface area contributed by atoms with Crippen LogP contribution >= 0.6 is 0 Å². The summed E-state index contributed by atoms with van der Waals surface area (Å²) in [6.45, 7) is -0.396. The highest BCUT2D eigenvalue weighted by Crippen LogP contribution is 2.26. The number of halogens is 3. The summed E-state index contributed by atoms with van der Waals surface area (Å²) in [5, 5.41) is 8.61. The average Bonchev–Trinajstić information content (AvgIpc) is 2.20. The zero-order valence-corrected chi connectivity index (χ0v) is 8.87. The number of rotatable bonds is 4. The van der Waals surface area contributed by atoms with E-state index in [4.69, 9.17) is 10.8 Å². The van der Waals surface area contributed by atoms with E-state index in [0.717, 1.165) is 0 Å². The molecular formula is C9H9F3N2O4. The Kier molecular flexibility index (Phi) is 3.96. The van der Waals surface area contributed by atoms with Crippen molar-refractivity contribution in [3.05, 3.63) is 27.7 Å². The van der Waals surface area contributed by atoms with E-state index in [1.54, 1.807) is 0 Å². The normalized spacial score (nSPS) is 11.3. The fraction of sp³-hybridized carbons (Fsp3) is 0.333. The van der Waals surface area contributed by atoms with Crippen LogP contribution in [0.1, 0.15) is 11.1 Å². The lowest BCUT2D eigenvalue weighted by Gasteiger charge is -2.14. The van der Waals surface area contributed by atoms with Crippen molar-refractivity contribution < 1.29 is 27.8 Å². The number of carbonyl (C=O) groups is 1. The van der Waals surface area contributed by atoms with Crippen LogP contribution in [0.25, 0.3) is 0 Å². The van der Waals surface area contributed by atoms with Crippen molar-refractivity contribution >= 4 is 5.97 Å². The molecule has 0 saturated heterocycles. The van der Waals surface area contributed by atoms with Crippen LogP contribution in [0.5, 0.6) is 5.75 Å². The Morgan fingerprint density at radius 2 is 2.06 bits per heavy atom. The van der Waals surface area contributed by atoms with Gasteiger partial charge in [-0.1, -0.05) is 0 Å². The van der Waals surface area contributed by atoms with Crippen molar-refractivity contribution in [2.24, 2.45) is 5.73 Å². The van der Waals surface area contributed by atoms with Crippen LogP contribution in [0.3, 0.4) is 0 Å². The number of nitrogens with one attached hydrogen (secondary N) is 1. The number of carboxylic acid groups (broad SMARTS) is 1. The molecule has 0 fully saturated rings. The minimum Gasteiger partial charge on any atom is -0.481 e. The van der Waals surface area contributed by atoms with E-state index in [2.05, 4.69) is 4.74 Å². The summed E-state index contributed by atoms with van der Waals surface area (Å²) in [5.41, 5.74) is 3.83. The van der Waals surface area contributed by atoms with Crippen molar-refractivity contribution in [3.63, 3.8) is 0 Å². The van der Waals surface area contributed by atoms with E-state index < -0.39 is 36.6 Å². The van der Waals surface area contributed by atoms with Crippen LogP contribution in [0.15, 0.2) is 11.0 Å². The Hall–Kier alpha value is -2.03. The molecule has 4 N–H and O–H groups in total. The highest BCUT2D eigenvalue weighted by molar-refractivity contribution is 5.72. The third-order valence-corrected chi connectivity index (χ3v) is 2.03. The van der Waals surface area contributed by atoms with Gasteiger partial charge < -0.3 is 20.6 Å². The van der Waals surface area contributed by atoms with Crippen molar-refractivity contribution in [3.8, 4) is 5.75 Å². The molecule has 0 aliphatic carbocycles. The zero-order valence-electron chi connectivity index (χ0n) is 8.87.